The zero-order valence-electron chi connectivity index (χ0n) is 93.4. The second kappa shape index (κ2) is 67.2. The van der Waals surface area contributed by atoms with E-state index in [-0.39, 0.29) is 40.2 Å². The number of primary sulfonamides is 1. The maximum absolute atomic E-state index is 13.8. The number of morpholine rings is 3. The molecule has 0 aliphatic carbocycles. The molecule has 5 fully saturated rings. The number of halogens is 5. The zero-order chi connectivity index (χ0) is 110. The van der Waals surface area contributed by atoms with E-state index in [9.17, 15) is 44.8 Å². The smallest absolute Gasteiger partial charge is 0.387 e. The fraction of sp³-hybridized carbons (Fsp3) is 0.546. The molecular weight excluding hydrogens is 2000 g/mol. The standard InChI is InChI=1S/C15H24N2.C14H20FNO.C14H19NO.C14H21NO.C13H20N2O.C12H14F4O2.C11H15NO2S.C10H14O2S.C8H13NO2S2.C8H12S/c1-13(2)11-14-5-4-6-15(12-14)17-9-7-16(3)8-10-17;1-11(2)9-12-3-4-13(15)14(10-12)16-5-7-17-8-6-16;1-11(2)9-12-5-3-6-13(10-12)15-8-4-7-14(15)16;1-12(2)10-13-4-3-5-14(11-13)15-6-8-16-9-7-15;1-11(2)9-12-3-4-14-13(10-12)15-5-7-16-8-6-15;1-7(2)5-8-3-4-9(17-11(13)14)10(6-8)18-12(15)16;1-7(2)4-8-5-9-11(15-8)12(3)10(13)6-14-9;1-7(2)4-8-5-9(13-6-8)10(11)12-3;1-6(2)5-7-3-4-8(12-7)13(9,10)11;1-7(2)5-8-3-4-9-6-8/h4-6,12-13H,7-11H2,1-3H3;3-4,10-11H,5-9H2,1-2H3;3,5-6,10-11H,4,7-9H2,1-2H3;3-5,11-12H,6-10H2,1-2H3;3-4,10-11H,5-9H2,1-2H3;3-4,6-7,11-12H,5H2,1-2H3;5,7H,4,6H2,1-3H3;5-7H,4H2,1-3H3;3-4,6H,5H2,1-2H3,(H2,9,10,11);3-4,6-7H,5H2,1-2H3. The quantitative estimate of drug-likeness (QED) is 0.0316. The Bertz CT molecular complexity index is 5560. The Labute approximate surface area is 910 Å². The number of pyridine rings is 1. The van der Waals surface area contributed by atoms with Crippen LogP contribution in [0.2, 0.25) is 0 Å². The van der Waals surface area contributed by atoms with Gasteiger partial charge in [0.1, 0.15) is 25.7 Å². The molecule has 0 saturated carbocycles. The van der Waals surface area contributed by atoms with E-state index in [1.54, 1.807) is 52.8 Å². The highest BCUT2D eigenvalue weighted by Crippen LogP contribution is 2.41. The van der Waals surface area contributed by atoms with Crippen molar-refractivity contribution in [3.8, 4) is 17.2 Å². The Morgan fingerprint density at radius 3 is 1.35 bits per heavy atom. The molecule has 21 nitrogen and oxygen atoms in total. The first-order valence-electron chi connectivity index (χ1n) is 53.3. The molecule has 0 spiro atoms. The van der Waals surface area contributed by atoms with Gasteiger partial charge in [0, 0.05) is 118 Å². The van der Waals surface area contributed by atoms with Gasteiger partial charge in [-0.15, -0.1) is 34.0 Å². The highest BCUT2D eigenvalue weighted by atomic mass is 32.2. The van der Waals surface area contributed by atoms with Crippen molar-refractivity contribution in [1.29, 1.82) is 0 Å². The Kier molecular flexibility index (Phi) is 57.1. The Morgan fingerprint density at radius 2 is 0.880 bits per heavy atom. The van der Waals surface area contributed by atoms with Crippen molar-refractivity contribution in [2.75, 3.05) is 169 Å². The first-order chi connectivity index (χ1) is 71.3. The number of anilines is 6. The first-order valence-corrected chi connectivity index (χ1v) is 58.3. The number of esters is 1. The number of alkyl halides is 4. The van der Waals surface area contributed by atoms with Gasteiger partial charge in [-0.2, -0.15) is 28.9 Å². The topological polar surface area (TPSA) is 212 Å². The van der Waals surface area contributed by atoms with E-state index in [0.717, 1.165) is 193 Å². The van der Waals surface area contributed by atoms with Crippen molar-refractivity contribution >= 4 is 107 Å². The lowest BCUT2D eigenvalue weighted by molar-refractivity contribution is -0.121. The van der Waals surface area contributed by atoms with Crippen LogP contribution in [0.1, 0.15) is 215 Å². The Balaban J connectivity index is 0.000000226. The lowest BCUT2D eigenvalue weighted by atomic mass is 10.0. The fourth-order valence-corrected chi connectivity index (χ4v) is 22.1. The number of nitrogens with zero attached hydrogens (tertiary/aromatic N) is 8. The summed E-state index contributed by atoms with van der Waals surface area (Å²) in [6, 6.07) is 49.8. The van der Waals surface area contributed by atoms with Crippen LogP contribution in [0.25, 0.3) is 0 Å². The average molecular weight is 2180 g/mol. The highest BCUT2D eigenvalue weighted by molar-refractivity contribution is 7.91. The monoisotopic (exact) mass is 2170 g/mol. The van der Waals surface area contributed by atoms with Crippen LogP contribution < -0.4 is 48.7 Å². The van der Waals surface area contributed by atoms with Gasteiger partial charge in [-0.3, -0.25) is 9.59 Å². The molecule has 6 aliphatic rings. The molecule has 0 radical (unpaired) electrons. The summed E-state index contributed by atoms with van der Waals surface area (Å²) in [5.74, 6) is 7.42. The van der Waals surface area contributed by atoms with Gasteiger partial charge in [0.2, 0.25) is 15.9 Å². The lowest BCUT2D eigenvalue weighted by Crippen LogP contribution is -2.44. The molecule has 11 heterocycles. The minimum Gasteiger partial charge on any atom is -0.481 e. The largest absolute Gasteiger partial charge is 0.481 e. The van der Waals surface area contributed by atoms with Crippen LogP contribution in [0.5, 0.6) is 17.2 Å². The van der Waals surface area contributed by atoms with Gasteiger partial charge in [0.25, 0.3) is 5.91 Å². The van der Waals surface area contributed by atoms with Gasteiger partial charge in [-0.05, 0) is 301 Å². The van der Waals surface area contributed by atoms with Gasteiger partial charge in [-0.1, -0.05) is 187 Å². The molecule has 0 atom stereocenters. The molecule has 830 valence electrons. The van der Waals surface area contributed by atoms with Gasteiger partial charge in [0.15, 0.2) is 23.9 Å². The van der Waals surface area contributed by atoms with E-state index >= 15 is 0 Å². The zero-order valence-corrected chi connectivity index (χ0v) is 97.5. The van der Waals surface area contributed by atoms with Crippen molar-refractivity contribution in [3.05, 3.63) is 239 Å². The molecule has 5 saturated heterocycles. The Morgan fingerprint density at radius 1 is 0.433 bits per heavy atom. The van der Waals surface area contributed by atoms with Crippen molar-refractivity contribution in [3.63, 3.8) is 0 Å². The number of nitrogens with two attached hydrogens (primary N) is 1. The third-order valence-electron chi connectivity index (χ3n) is 24.0. The molecule has 0 bridgehead atoms. The van der Waals surface area contributed by atoms with E-state index < -0.39 is 29.0 Å². The van der Waals surface area contributed by atoms with Crippen molar-refractivity contribution in [2.45, 2.75) is 233 Å². The van der Waals surface area contributed by atoms with Gasteiger partial charge >= 0.3 is 19.2 Å². The number of carbonyl (C=O) groups is 3. The highest BCUT2D eigenvalue weighted by Gasteiger charge is 2.28. The number of hydrogen-bond donors (Lipinski definition) is 1. The molecule has 10 aromatic rings. The number of amides is 2. The van der Waals surface area contributed by atoms with Crippen LogP contribution >= 0.6 is 45.3 Å². The number of likely N-dealkylation sites (N-methyl/N-ethyl adjacent to an activating group) is 2. The third-order valence-corrected chi connectivity index (χ3v) is 29.4. The van der Waals surface area contributed by atoms with Crippen LogP contribution in [-0.4, -0.2) is 189 Å². The molecular formula is C119H172F5N9O12S5. The van der Waals surface area contributed by atoms with Crippen molar-refractivity contribution in [2.24, 2.45) is 64.3 Å². The number of rotatable bonds is 31. The second-order valence-electron chi connectivity index (χ2n) is 42.9. The normalized spacial score (nSPS) is 14.7. The van der Waals surface area contributed by atoms with Gasteiger partial charge < -0.3 is 67.5 Å². The third kappa shape index (κ3) is 49.3. The van der Waals surface area contributed by atoms with E-state index in [2.05, 4.69) is 277 Å². The minimum absolute atomic E-state index is 0.0282. The molecule has 16 rings (SSSR count). The van der Waals surface area contributed by atoms with Crippen LogP contribution in [0.3, 0.4) is 0 Å². The maximum atomic E-state index is 13.8. The molecule has 2 N–H and O–H groups in total. The van der Waals surface area contributed by atoms with Crippen molar-refractivity contribution < 1.29 is 77.9 Å². The molecule has 5 aromatic heterocycles. The summed E-state index contributed by atoms with van der Waals surface area (Å²) in [6.07, 6.45) is 14.0. The molecule has 0 unspecified atom stereocenters. The van der Waals surface area contributed by atoms with E-state index in [4.69, 9.17) is 24.1 Å². The fourth-order valence-electron chi connectivity index (χ4n) is 17.3. The van der Waals surface area contributed by atoms with Gasteiger partial charge in [-0.25, -0.2) is 27.7 Å². The SMILES string of the molecule is CC(C)Cc1cc2c(s1)N(C)C(=O)CO2.CC(C)Cc1ccc(F)c(N2CCOCC2)c1.CC(C)Cc1ccc(OC(F)F)c(OC(F)F)c1.CC(C)Cc1ccc(S(N)(=O)=O)s1.CC(C)Cc1cccc(N2CCCC2=O)c1.CC(C)Cc1cccc(N2CCN(C)CC2)c1.CC(C)Cc1cccc(N2CCOCC2)c1.CC(C)Cc1ccnc(N2CCOCC2)c1.CC(C)Cc1ccsc1.COC(=O)c1cc(CC(C)C)cs1. The predicted octanol–water partition coefficient (Wildman–Crippen LogP) is 27.0. The summed E-state index contributed by atoms with van der Waals surface area (Å²) in [5.41, 5.74) is 14.8. The van der Waals surface area contributed by atoms with E-state index in [1.165, 1.54) is 123 Å². The number of benzene rings is 5. The molecule has 2 amide bonds. The van der Waals surface area contributed by atoms with Crippen LogP contribution in [0, 0.1) is 65.0 Å². The summed E-state index contributed by atoms with van der Waals surface area (Å²) in [5, 5.41) is 12.3. The molecule has 6 aliphatic heterocycles. The number of carbonyl (C=O) groups excluding carboxylic acids is 3. The van der Waals surface area contributed by atoms with Crippen LogP contribution in [0.4, 0.5) is 55.5 Å². The van der Waals surface area contributed by atoms with Crippen LogP contribution in [-0.2, 0) is 103 Å². The number of hydrogen-bond acceptors (Lipinski definition) is 22. The summed E-state index contributed by atoms with van der Waals surface area (Å²) in [4.78, 5) is 56.9. The van der Waals surface area contributed by atoms with E-state index in [0.29, 0.717) is 72.4 Å². The lowest BCUT2D eigenvalue weighted by Gasteiger charge is -2.34. The first kappa shape index (κ1) is 127. The number of methoxy groups -OCH3 is 1. The summed E-state index contributed by atoms with van der Waals surface area (Å²) in [6.45, 7) is 53.4. The number of fused-ring (bicyclic) bond motifs is 1. The molecule has 31 heteroatoms. The number of ether oxygens (including phenoxy) is 7. The Hall–Kier alpha value is -9.54. The van der Waals surface area contributed by atoms with Gasteiger partial charge in [0.05, 0.1) is 52.4 Å². The van der Waals surface area contributed by atoms with Crippen LogP contribution in [0.15, 0.2) is 178 Å². The summed E-state index contributed by atoms with van der Waals surface area (Å²) >= 11 is 6.14. The summed E-state index contributed by atoms with van der Waals surface area (Å²) in [7, 11) is 1.91. The predicted molar refractivity (Wildman–Crippen MR) is 614 cm³/mol. The number of thiophene rings is 4. The summed E-state index contributed by atoms with van der Waals surface area (Å²) < 4.78 is 119. The second-order valence-corrected chi connectivity index (χ2v) is 48.7. The minimum atomic E-state index is -3.50. The number of aromatic nitrogens is 1. The number of sulfonamides is 1. The molecule has 150 heavy (non-hydrogen) atoms. The molecule has 5 aromatic carbocycles. The maximum Gasteiger partial charge on any atom is 0.387 e. The average Bonchev–Trinajstić information content (AvgIpc) is 1.64. The van der Waals surface area contributed by atoms with Crippen molar-refractivity contribution in [1.82, 2.24) is 9.88 Å². The van der Waals surface area contributed by atoms with E-state index in [1.807, 2.05) is 60.7 Å². The number of piperazine rings is 1.